The van der Waals surface area contributed by atoms with Crippen LogP contribution in [0.25, 0.3) is 0 Å². The first-order valence-electron chi connectivity index (χ1n) is 8.41. The van der Waals surface area contributed by atoms with Gasteiger partial charge in [-0.15, -0.1) is 0 Å². The number of rotatable bonds is 8. The first-order valence-corrected chi connectivity index (χ1v) is 8.79. The van der Waals surface area contributed by atoms with Gasteiger partial charge < -0.3 is 10.1 Å². The number of methoxy groups -OCH3 is 1. The Morgan fingerprint density at radius 1 is 1.16 bits per heavy atom. The Bertz CT molecular complexity index is 688. The van der Waals surface area contributed by atoms with Crippen LogP contribution in [-0.4, -0.2) is 25.6 Å². The lowest BCUT2D eigenvalue weighted by atomic mass is 10.1. The van der Waals surface area contributed by atoms with E-state index in [0.717, 1.165) is 23.3 Å². The van der Waals surface area contributed by atoms with Gasteiger partial charge in [0, 0.05) is 17.6 Å². The molecule has 0 radical (unpaired) electrons. The van der Waals surface area contributed by atoms with Crippen LogP contribution >= 0.6 is 11.6 Å². The molecule has 1 amide bonds. The van der Waals surface area contributed by atoms with E-state index in [4.69, 9.17) is 16.3 Å². The lowest BCUT2D eigenvalue weighted by molar-refractivity contribution is -0.122. The van der Waals surface area contributed by atoms with Crippen molar-refractivity contribution in [3.8, 4) is 5.75 Å². The van der Waals surface area contributed by atoms with Gasteiger partial charge in [-0.25, -0.2) is 0 Å². The fourth-order valence-corrected chi connectivity index (χ4v) is 2.80. The molecule has 0 bridgehead atoms. The second kappa shape index (κ2) is 9.44. The smallest absolute Gasteiger partial charge is 0.236 e. The summed E-state index contributed by atoms with van der Waals surface area (Å²) >= 11 is 6.02. The van der Waals surface area contributed by atoms with Crippen LogP contribution in [0.5, 0.6) is 5.75 Å². The predicted octanol–water partition coefficient (Wildman–Crippen LogP) is 3.75. The van der Waals surface area contributed by atoms with E-state index in [1.165, 1.54) is 0 Å². The van der Waals surface area contributed by atoms with Crippen LogP contribution in [0.4, 0.5) is 0 Å². The van der Waals surface area contributed by atoms with Crippen LogP contribution in [0, 0.1) is 0 Å². The fourth-order valence-electron chi connectivity index (χ4n) is 2.60. The maximum atomic E-state index is 12.2. The Morgan fingerprint density at radius 3 is 2.52 bits per heavy atom. The zero-order valence-corrected chi connectivity index (χ0v) is 15.6. The molecule has 2 atom stereocenters. The summed E-state index contributed by atoms with van der Waals surface area (Å²) in [5.41, 5.74) is 2.22. The van der Waals surface area contributed by atoms with Gasteiger partial charge in [-0.1, -0.05) is 35.9 Å². The van der Waals surface area contributed by atoms with Crippen LogP contribution < -0.4 is 15.4 Å². The van der Waals surface area contributed by atoms with Gasteiger partial charge in [0.05, 0.1) is 13.2 Å². The molecule has 5 heteroatoms. The van der Waals surface area contributed by atoms with Crippen LogP contribution in [0.2, 0.25) is 5.02 Å². The lowest BCUT2D eigenvalue weighted by Crippen LogP contribution is -2.43. The third-order valence-electron chi connectivity index (χ3n) is 4.11. The Kier molecular flexibility index (Phi) is 7.29. The van der Waals surface area contributed by atoms with Gasteiger partial charge in [0.15, 0.2) is 0 Å². The van der Waals surface area contributed by atoms with E-state index >= 15 is 0 Å². The van der Waals surface area contributed by atoms with Gasteiger partial charge in [0.25, 0.3) is 0 Å². The standard InChI is InChI=1S/C20H25ClN2O2/c1-14(17-5-4-6-18(21)13-17)23-15(2)20(24)22-12-11-16-7-9-19(25-3)10-8-16/h4-10,13-15,23H,11-12H2,1-3H3,(H,22,24). The van der Waals surface area contributed by atoms with Crippen LogP contribution in [0.3, 0.4) is 0 Å². The lowest BCUT2D eigenvalue weighted by Gasteiger charge is -2.20. The number of hydrogen-bond acceptors (Lipinski definition) is 3. The highest BCUT2D eigenvalue weighted by atomic mass is 35.5. The van der Waals surface area contributed by atoms with Crippen molar-refractivity contribution in [2.45, 2.75) is 32.4 Å². The molecule has 2 unspecified atom stereocenters. The van der Waals surface area contributed by atoms with Crippen LogP contribution in [0.1, 0.15) is 31.0 Å². The molecule has 25 heavy (non-hydrogen) atoms. The van der Waals surface area contributed by atoms with Gasteiger partial charge in [-0.3, -0.25) is 10.1 Å². The molecule has 4 nitrogen and oxygen atoms in total. The summed E-state index contributed by atoms with van der Waals surface area (Å²) in [6.45, 7) is 4.49. The number of amides is 1. The summed E-state index contributed by atoms with van der Waals surface area (Å²) < 4.78 is 5.14. The van der Waals surface area contributed by atoms with E-state index in [9.17, 15) is 4.79 Å². The van der Waals surface area contributed by atoms with E-state index in [1.54, 1.807) is 7.11 Å². The van der Waals surface area contributed by atoms with E-state index in [2.05, 4.69) is 10.6 Å². The van der Waals surface area contributed by atoms with Crippen molar-refractivity contribution in [2.24, 2.45) is 0 Å². The SMILES string of the molecule is COc1ccc(CCNC(=O)C(C)NC(C)c2cccc(Cl)c2)cc1. The molecular weight excluding hydrogens is 336 g/mol. The number of ether oxygens (including phenoxy) is 1. The van der Waals surface area contributed by atoms with Gasteiger partial charge in [-0.2, -0.15) is 0 Å². The summed E-state index contributed by atoms with van der Waals surface area (Å²) in [5.74, 6) is 0.822. The highest BCUT2D eigenvalue weighted by Gasteiger charge is 2.16. The zero-order chi connectivity index (χ0) is 18.2. The largest absolute Gasteiger partial charge is 0.497 e. The molecule has 0 spiro atoms. The summed E-state index contributed by atoms with van der Waals surface area (Å²) in [6, 6.07) is 15.3. The Labute approximate surface area is 154 Å². The second-order valence-electron chi connectivity index (χ2n) is 6.05. The highest BCUT2D eigenvalue weighted by Crippen LogP contribution is 2.17. The van der Waals surface area contributed by atoms with Crippen molar-refractivity contribution in [3.05, 3.63) is 64.7 Å². The molecule has 2 aromatic rings. The zero-order valence-electron chi connectivity index (χ0n) is 14.9. The molecule has 2 aromatic carbocycles. The Balaban J connectivity index is 1.77. The topological polar surface area (TPSA) is 50.4 Å². The molecule has 0 fully saturated rings. The highest BCUT2D eigenvalue weighted by molar-refractivity contribution is 6.30. The molecule has 0 heterocycles. The minimum absolute atomic E-state index is 0.0117. The van der Waals surface area contributed by atoms with Crippen LogP contribution in [-0.2, 0) is 11.2 Å². The number of halogens is 1. The summed E-state index contributed by atoms with van der Waals surface area (Å²) in [7, 11) is 1.65. The summed E-state index contributed by atoms with van der Waals surface area (Å²) in [4.78, 5) is 12.2. The molecule has 0 saturated carbocycles. The average molecular weight is 361 g/mol. The molecular formula is C20H25ClN2O2. The molecule has 2 rings (SSSR count). The first kappa shape index (κ1) is 19.3. The van der Waals surface area contributed by atoms with Crippen molar-refractivity contribution in [3.63, 3.8) is 0 Å². The minimum atomic E-state index is -0.287. The molecule has 2 N–H and O–H groups in total. The van der Waals surface area contributed by atoms with Gasteiger partial charge >= 0.3 is 0 Å². The van der Waals surface area contributed by atoms with Crippen molar-refractivity contribution in [1.82, 2.24) is 10.6 Å². The normalized spacial score (nSPS) is 13.1. The predicted molar refractivity (Wildman–Crippen MR) is 102 cm³/mol. The van der Waals surface area contributed by atoms with Gasteiger partial charge in [0.1, 0.15) is 5.75 Å². The second-order valence-corrected chi connectivity index (χ2v) is 6.49. The number of carbonyl (C=O) groups excluding carboxylic acids is 1. The number of benzene rings is 2. The molecule has 0 aromatic heterocycles. The van der Waals surface area contributed by atoms with Crippen molar-refractivity contribution < 1.29 is 9.53 Å². The molecule has 0 aliphatic rings. The van der Waals surface area contributed by atoms with Crippen molar-refractivity contribution in [1.29, 1.82) is 0 Å². The molecule has 0 aliphatic heterocycles. The summed E-state index contributed by atoms with van der Waals surface area (Å²) in [5, 5.41) is 6.97. The number of carbonyl (C=O) groups is 1. The van der Waals surface area contributed by atoms with Crippen molar-refractivity contribution in [2.75, 3.05) is 13.7 Å². The van der Waals surface area contributed by atoms with Gasteiger partial charge in [-0.05, 0) is 55.7 Å². The molecule has 134 valence electrons. The number of hydrogen-bond donors (Lipinski definition) is 2. The third kappa shape index (κ3) is 6.07. The summed E-state index contributed by atoms with van der Waals surface area (Å²) in [6.07, 6.45) is 0.784. The van der Waals surface area contributed by atoms with E-state index in [0.29, 0.717) is 11.6 Å². The average Bonchev–Trinajstić information content (AvgIpc) is 2.62. The number of nitrogens with one attached hydrogen (secondary N) is 2. The van der Waals surface area contributed by atoms with E-state index in [-0.39, 0.29) is 18.0 Å². The molecule has 0 saturated heterocycles. The van der Waals surface area contributed by atoms with Crippen molar-refractivity contribution >= 4 is 17.5 Å². The molecule has 0 aliphatic carbocycles. The minimum Gasteiger partial charge on any atom is -0.497 e. The Hall–Kier alpha value is -2.04. The van der Waals surface area contributed by atoms with E-state index < -0.39 is 0 Å². The maximum absolute atomic E-state index is 12.2. The van der Waals surface area contributed by atoms with Gasteiger partial charge in [0.2, 0.25) is 5.91 Å². The van der Waals surface area contributed by atoms with E-state index in [1.807, 2.05) is 62.4 Å². The monoisotopic (exact) mass is 360 g/mol. The fraction of sp³-hybridized carbons (Fsp3) is 0.350. The van der Waals surface area contributed by atoms with Crippen LogP contribution in [0.15, 0.2) is 48.5 Å². The maximum Gasteiger partial charge on any atom is 0.236 e. The Morgan fingerprint density at radius 2 is 1.88 bits per heavy atom. The quantitative estimate of drug-likeness (QED) is 0.753. The third-order valence-corrected chi connectivity index (χ3v) is 4.35. The first-order chi connectivity index (χ1) is 12.0.